The van der Waals surface area contributed by atoms with Gasteiger partial charge in [-0.2, -0.15) is 0 Å². The number of aliphatic carboxylic acids is 2. The monoisotopic (exact) mass is 1670 g/mol. The van der Waals surface area contributed by atoms with Crippen molar-refractivity contribution in [3.8, 4) is 0 Å². The summed E-state index contributed by atoms with van der Waals surface area (Å²) in [5, 5.41) is 82.2. The first kappa shape index (κ1) is 87.3. The first-order chi connectivity index (χ1) is 58.1. The van der Waals surface area contributed by atoms with Gasteiger partial charge in [0, 0.05) is 38.1 Å². The molecule has 11 rings (SSSR count). The number of allylic oxidation sites excluding steroid dienone is 2. The molecule has 5 heterocycles. The van der Waals surface area contributed by atoms with Crippen molar-refractivity contribution in [2.24, 2.45) is 11.5 Å². The Bertz CT molecular complexity index is 4890. The van der Waals surface area contributed by atoms with E-state index in [0.717, 1.165) is 44.5 Å². The molecule has 8 atom stereocenters. The summed E-state index contributed by atoms with van der Waals surface area (Å²) in [7, 11) is -2.79. The van der Waals surface area contributed by atoms with Crippen LogP contribution in [0.1, 0.15) is 94.4 Å². The second-order valence-electron chi connectivity index (χ2n) is 30.1. The van der Waals surface area contributed by atoms with Crippen LogP contribution in [0.5, 0.6) is 0 Å². The summed E-state index contributed by atoms with van der Waals surface area (Å²) in [5.41, 5.74) is 20.8. The van der Waals surface area contributed by atoms with Crippen LogP contribution in [0.25, 0.3) is 21.5 Å². The van der Waals surface area contributed by atoms with Crippen LogP contribution in [0, 0.1) is 0 Å². The van der Waals surface area contributed by atoms with E-state index < -0.39 is 153 Å². The van der Waals surface area contributed by atoms with Crippen LogP contribution < -0.4 is 86.1 Å². The molecule has 10 amide bonds. The van der Waals surface area contributed by atoms with E-state index in [2.05, 4.69) is 146 Å². The summed E-state index contributed by atoms with van der Waals surface area (Å²) in [6, 6.07) is 42.5. The van der Waals surface area contributed by atoms with Gasteiger partial charge in [-0.15, -0.1) is 10.2 Å². The van der Waals surface area contributed by atoms with Crippen molar-refractivity contribution in [3.63, 3.8) is 0 Å². The second-order valence-corrected chi connectivity index (χ2v) is 34.4. The number of benzene rings is 6. The molecule has 22 N–H and O–H groups in total. The van der Waals surface area contributed by atoms with Crippen molar-refractivity contribution in [2.45, 2.75) is 139 Å². The highest BCUT2D eigenvalue weighted by Gasteiger charge is 2.45. The van der Waals surface area contributed by atoms with E-state index >= 15 is 0 Å². The zero-order valence-corrected chi connectivity index (χ0v) is 67.5. The third-order valence-corrected chi connectivity index (χ3v) is 24.1. The summed E-state index contributed by atoms with van der Waals surface area (Å²) < 4.78 is 3.17. The smallest absolute Gasteiger partial charge is 0.338 e. The Labute approximate surface area is 696 Å². The number of carbonyl (C=O) groups excluding carboxylic acids is 10. The lowest BCUT2D eigenvalue weighted by Gasteiger charge is -2.27. The van der Waals surface area contributed by atoms with E-state index in [1.165, 1.54) is 10.4 Å². The van der Waals surface area contributed by atoms with E-state index in [1.807, 2.05) is 60.7 Å². The predicted octanol–water partition coefficient (Wildman–Crippen LogP) is -3.17. The van der Waals surface area contributed by atoms with Crippen LogP contribution >= 0.6 is 0 Å². The van der Waals surface area contributed by atoms with E-state index in [-0.39, 0.29) is 101 Å². The number of amides is 10. The van der Waals surface area contributed by atoms with Gasteiger partial charge in [0.05, 0.1) is 63.5 Å². The average molecular weight is 1670 g/mol. The molecule has 37 heteroatoms. The van der Waals surface area contributed by atoms with Gasteiger partial charge in [-0.25, -0.2) is 9.36 Å². The normalized spacial score (nSPS) is 20.3. The summed E-state index contributed by atoms with van der Waals surface area (Å²) >= 11 is 0. The third-order valence-electron chi connectivity index (χ3n) is 20.6. The molecular formula is C84H98N22O14Si+2. The predicted molar refractivity (Wildman–Crippen MR) is 446 cm³/mol. The number of carbonyl (C=O) groups is 12. The number of hydrogen-bond donors (Lipinski definition) is 18. The number of aromatic nitrogens is 6. The minimum Gasteiger partial charge on any atom is -0.481 e. The van der Waals surface area contributed by atoms with Gasteiger partial charge in [0.2, 0.25) is 59.1 Å². The third kappa shape index (κ3) is 24.3. The van der Waals surface area contributed by atoms with Gasteiger partial charge in [0.1, 0.15) is 56.4 Å². The Hall–Kier alpha value is -14.5. The standard InChI is InChI=1S/C84H96N22O14Si/c1-121(2)73(55-31-27-51(28-32-55)45-105-47-57(101-103-105)39-63-79(117)95-59(25-15-35-89-83(85)86)75(113)91-43-67(107)93-65(41-69(109)110)81(119)97-61(77(115)99-63)37-49-17-7-3-8-18-49)71(53-21-11-5-12-22-53)72(54-23-13-6-14-24-54)74(121)56-33-29-52(30-34-56)46-106-48-58(102-104-106)40-64-80(118)96-60(26-16-36-90-84(87)88)76(114)92-44-68(108)94-66(42-70(111)112)82(120)98-62(78(116)100-64)38-50-19-9-4-10-20-50/h3-14,17-24,27-34,47-48,59-66H,15-16,25-26,35-46H2,1-2H3,(H,91,113)(H,92,114)(H,93,107)(H,94,108)(H,95,117)(H,96,118)(H,97,119)(H,98,120)(H,99,115)(H,100,116)(H,109,110)(H,111,112)(H4,85,86,89)(H4,87,88,90)/p+2/t59-,60-,61+,62+,63-,64-,65-,66-/m0/s1. The molecule has 8 aromatic rings. The lowest BCUT2D eigenvalue weighted by molar-refractivity contribution is -0.141. The molecule has 0 unspecified atom stereocenters. The highest BCUT2D eigenvalue weighted by atomic mass is 28.3. The van der Waals surface area contributed by atoms with Crippen LogP contribution in [0.2, 0.25) is 13.1 Å². The fraction of sp³-hybridized carbons (Fsp3) is 0.310. The first-order valence-corrected chi connectivity index (χ1v) is 42.4. The van der Waals surface area contributed by atoms with Gasteiger partial charge in [-0.05, 0) is 91.7 Å². The minimum atomic E-state index is -2.79. The number of carboxylic acids is 2. The number of guanidine groups is 2. The van der Waals surface area contributed by atoms with Gasteiger partial charge < -0.3 is 63.4 Å². The molecule has 0 radical (unpaired) electrons. The summed E-state index contributed by atoms with van der Waals surface area (Å²) in [6.45, 7) is 4.09. The number of nitrogens with one attached hydrogen (secondary N) is 12. The minimum absolute atomic E-state index is 0.00201. The summed E-state index contributed by atoms with van der Waals surface area (Å²) in [4.78, 5) is 165. The molecule has 36 nitrogen and oxygen atoms in total. The molecule has 0 spiro atoms. The van der Waals surface area contributed by atoms with E-state index in [4.69, 9.17) is 22.3 Å². The van der Waals surface area contributed by atoms with Crippen molar-refractivity contribution < 1.29 is 78.6 Å². The largest absolute Gasteiger partial charge is 0.481 e. The van der Waals surface area contributed by atoms with Crippen LogP contribution in [-0.4, -0.2) is 206 Å². The van der Waals surface area contributed by atoms with Crippen LogP contribution in [-0.2, 0) is 96.3 Å². The van der Waals surface area contributed by atoms with Crippen molar-refractivity contribution in [2.75, 3.05) is 26.2 Å². The van der Waals surface area contributed by atoms with Crippen molar-refractivity contribution in [1.82, 2.24) is 93.8 Å². The molecule has 3 aliphatic heterocycles. The molecule has 2 fully saturated rings. The molecule has 0 aliphatic carbocycles. The number of nitrogens with zero attached hydrogens (tertiary/aromatic N) is 6. The fourth-order valence-corrected chi connectivity index (χ4v) is 18.6. The van der Waals surface area contributed by atoms with Crippen LogP contribution in [0.3, 0.4) is 0 Å². The zero-order valence-electron chi connectivity index (χ0n) is 66.5. The van der Waals surface area contributed by atoms with Gasteiger partial charge >= 0.3 is 23.9 Å². The van der Waals surface area contributed by atoms with Crippen molar-refractivity contribution in [1.29, 1.82) is 0 Å². The lowest BCUT2D eigenvalue weighted by Crippen LogP contribution is -2.58. The van der Waals surface area contributed by atoms with Crippen LogP contribution in [0.4, 0.5) is 0 Å². The Balaban J connectivity index is 0.845. The van der Waals surface area contributed by atoms with Gasteiger partial charge in [0.15, 0.2) is 0 Å². The number of rotatable bonds is 28. The second kappa shape index (κ2) is 41.0. The molecule has 2 aromatic heterocycles. The van der Waals surface area contributed by atoms with Gasteiger partial charge in [-0.1, -0.05) is 193 Å². The zero-order chi connectivity index (χ0) is 86.3. The maximum absolute atomic E-state index is 14.7. The maximum atomic E-state index is 14.7. The molecule has 0 bridgehead atoms. The van der Waals surface area contributed by atoms with Gasteiger partial charge in [-0.3, -0.25) is 90.5 Å². The van der Waals surface area contributed by atoms with Crippen LogP contribution in [0.15, 0.2) is 182 Å². The molecular weight excluding hydrogens is 1570 g/mol. The topological polar surface area (TPSA) is 554 Å². The van der Waals surface area contributed by atoms with E-state index in [0.29, 0.717) is 11.1 Å². The summed E-state index contributed by atoms with van der Waals surface area (Å²) in [6.07, 6.45) is 1.25. The van der Waals surface area contributed by atoms with Crippen molar-refractivity contribution in [3.05, 3.63) is 238 Å². The Morgan fingerprint density at radius 3 is 1.05 bits per heavy atom. The SMILES string of the molecule is C[Si]1(C)C(c2ccc(Cn3cc(C[C@@H]4NC(=O)[C@@H](Cc5ccccc5)NC(=O)[C@H](CC(=O)O)NC(=O)CNC(=O)[C@H](CCCNC(N)=[NH2+])NC4=O)nn3)cc2)=C(c2ccccc2)C(c2ccccc2)=C1c1ccc(Cn2cc(C[C@@H]3NC(=O)[C@@H](Cc4ccccc4)NC(=O)[C@H](CC(=O)O)NC(=O)CNC(=O)[C@H](CCCNC(N)=[NH2+])NC3=O)nn2)cc1. The first-order valence-electron chi connectivity index (χ1n) is 39.4. The molecule has 2 saturated heterocycles. The Morgan fingerprint density at radius 1 is 0.405 bits per heavy atom. The van der Waals surface area contributed by atoms with E-state index in [9.17, 15) is 67.7 Å². The maximum Gasteiger partial charge on any atom is 0.338 e. The van der Waals surface area contributed by atoms with E-state index in [1.54, 1.807) is 82.4 Å². The molecule has 0 saturated carbocycles. The van der Waals surface area contributed by atoms with Crippen molar-refractivity contribution >= 4 is 113 Å². The highest BCUT2D eigenvalue weighted by molar-refractivity contribution is 7.13. The average Bonchev–Trinajstić information content (AvgIpc) is 1.56. The summed E-state index contributed by atoms with van der Waals surface area (Å²) in [5.74, 6) is -11.7. The number of carboxylic acid groups (broad SMARTS) is 2. The molecule has 630 valence electrons. The molecule has 6 aromatic carbocycles. The Morgan fingerprint density at radius 2 is 0.719 bits per heavy atom. The number of nitrogens with two attached hydrogens (primary N) is 4. The lowest BCUT2D eigenvalue weighted by atomic mass is 9.89. The fourth-order valence-electron chi connectivity index (χ4n) is 14.8. The van der Waals surface area contributed by atoms with Gasteiger partial charge in [0.25, 0.3) is 0 Å². The molecule has 3 aliphatic rings. The highest BCUT2D eigenvalue weighted by Crippen LogP contribution is 2.55. The molecule has 121 heavy (non-hydrogen) atoms. The Kier molecular flexibility index (Phi) is 29.6. The number of hydrogen-bond acceptors (Lipinski definition) is 16. The quantitative estimate of drug-likeness (QED) is 0.00996.